The number of ether oxygens (including phenoxy) is 1. The van der Waals surface area contributed by atoms with Crippen molar-refractivity contribution in [1.29, 1.82) is 0 Å². The SMILES string of the molecule is Fc1ccc(OC2CC3CCCC(C2)N3)c2sncc12. The van der Waals surface area contributed by atoms with Gasteiger partial charge in [0.25, 0.3) is 0 Å². The highest BCUT2D eigenvalue weighted by molar-refractivity contribution is 7.13. The summed E-state index contributed by atoms with van der Waals surface area (Å²) in [7, 11) is 0. The first kappa shape index (κ1) is 12.5. The van der Waals surface area contributed by atoms with Crippen LogP contribution in [0.2, 0.25) is 0 Å². The Morgan fingerprint density at radius 2 is 2.05 bits per heavy atom. The molecule has 2 fully saturated rings. The second-order valence-corrected chi connectivity index (χ2v) is 6.62. The molecule has 1 aromatic heterocycles. The fourth-order valence-electron chi connectivity index (χ4n) is 3.48. The van der Waals surface area contributed by atoms with E-state index >= 15 is 0 Å². The Hall–Kier alpha value is -1.20. The molecule has 3 heterocycles. The van der Waals surface area contributed by atoms with Gasteiger partial charge in [-0.1, -0.05) is 6.42 Å². The van der Waals surface area contributed by atoms with Gasteiger partial charge in [0.1, 0.15) is 17.7 Å². The van der Waals surface area contributed by atoms with Crippen molar-refractivity contribution >= 4 is 21.6 Å². The molecule has 4 rings (SSSR count). The fraction of sp³-hybridized carbons (Fsp3) is 0.533. The number of nitrogens with one attached hydrogen (secondary N) is 1. The zero-order chi connectivity index (χ0) is 13.5. The number of benzene rings is 1. The topological polar surface area (TPSA) is 34.1 Å². The summed E-state index contributed by atoms with van der Waals surface area (Å²) in [4.78, 5) is 0. The molecule has 0 saturated carbocycles. The first-order valence-corrected chi connectivity index (χ1v) is 8.02. The average Bonchev–Trinajstić information content (AvgIpc) is 2.92. The van der Waals surface area contributed by atoms with E-state index in [0.717, 1.165) is 23.3 Å². The third-order valence-electron chi connectivity index (χ3n) is 4.40. The number of fused-ring (bicyclic) bond motifs is 3. The van der Waals surface area contributed by atoms with Crippen LogP contribution in [0.15, 0.2) is 18.3 Å². The number of rotatable bonds is 2. The molecule has 0 radical (unpaired) electrons. The van der Waals surface area contributed by atoms with Crippen molar-refractivity contribution in [3.8, 4) is 5.75 Å². The summed E-state index contributed by atoms with van der Waals surface area (Å²) in [5.74, 6) is 0.567. The highest BCUT2D eigenvalue weighted by atomic mass is 32.1. The normalized spacial score (nSPS) is 29.6. The number of aromatic nitrogens is 1. The minimum Gasteiger partial charge on any atom is -0.489 e. The fourth-order valence-corrected chi connectivity index (χ4v) is 4.20. The first-order valence-electron chi connectivity index (χ1n) is 7.25. The Labute approximate surface area is 121 Å². The molecular formula is C15H17FN2OS. The molecule has 2 aromatic rings. The number of hydrogen-bond acceptors (Lipinski definition) is 4. The van der Waals surface area contributed by atoms with E-state index in [0.29, 0.717) is 17.5 Å². The molecule has 2 aliphatic rings. The Bertz CT molecular complexity index is 617. The second-order valence-electron chi connectivity index (χ2n) is 5.82. The van der Waals surface area contributed by atoms with Gasteiger partial charge in [-0.15, -0.1) is 0 Å². The van der Waals surface area contributed by atoms with Gasteiger partial charge in [-0.2, -0.15) is 4.37 Å². The zero-order valence-corrected chi connectivity index (χ0v) is 12.0. The molecule has 106 valence electrons. The van der Waals surface area contributed by atoms with Crippen molar-refractivity contribution in [3.05, 3.63) is 24.1 Å². The molecule has 0 spiro atoms. The van der Waals surface area contributed by atoms with Gasteiger partial charge in [0.05, 0.1) is 16.3 Å². The molecule has 1 N–H and O–H groups in total. The van der Waals surface area contributed by atoms with Gasteiger partial charge in [-0.3, -0.25) is 0 Å². The summed E-state index contributed by atoms with van der Waals surface area (Å²) in [6, 6.07) is 4.40. The molecule has 0 amide bonds. The maximum atomic E-state index is 13.7. The van der Waals surface area contributed by atoms with Gasteiger partial charge in [-0.25, -0.2) is 4.39 Å². The van der Waals surface area contributed by atoms with Crippen molar-refractivity contribution < 1.29 is 9.13 Å². The summed E-state index contributed by atoms with van der Waals surface area (Å²) in [5.41, 5.74) is 0. The Balaban J connectivity index is 1.58. The first-order chi connectivity index (χ1) is 9.79. The molecule has 2 atom stereocenters. The van der Waals surface area contributed by atoms with Gasteiger partial charge in [0.2, 0.25) is 0 Å². The van der Waals surface area contributed by atoms with Crippen LogP contribution in [0.5, 0.6) is 5.75 Å². The van der Waals surface area contributed by atoms with E-state index in [2.05, 4.69) is 9.69 Å². The van der Waals surface area contributed by atoms with Gasteiger partial charge in [0.15, 0.2) is 0 Å². The van der Waals surface area contributed by atoms with Crippen LogP contribution in [0, 0.1) is 5.82 Å². The molecule has 2 aliphatic heterocycles. The van der Waals surface area contributed by atoms with Gasteiger partial charge in [0, 0.05) is 12.1 Å². The van der Waals surface area contributed by atoms with Crippen molar-refractivity contribution in [2.24, 2.45) is 0 Å². The molecule has 5 heteroatoms. The Morgan fingerprint density at radius 1 is 1.25 bits per heavy atom. The summed E-state index contributed by atoms with van der Waals surface area (Å²) in [6.07, 6.45) is 7.74. The highest BCUT2D eigenvalue weighted by Gasteiger charge is 2.32. The summed E-state index contributed by atoms with van der Waals surface area (Å²) < 4.78 is 24.8. The molecular weight excluding hydrogens is 275 g/mol. The summed E-state index contributed by atoms with van der Waals surface area (Å²) in [5, 5.41) is 4.23. The minimum absolute atomic E-state index is 0.219. The maximum Gasteiger partial charge on any atom is 0.139 e. The average molecular weight is 292 g/mol. The summed E-state index contributed by atoms with van der Waals surface area (Å²) >= 11 is 1.31. The lowest BCUT2D eigenvalue weighted by atomic mass is 9.85. The van der Waals surface area contributed by atoms with E-state index in [-0.39, 0.29) is 11.9 Å². The molecule has 2 unspecified atom stereocenters. The van der Waals surface area contributed by atoms with E-state index in [1.54, 1.807) is 12.3 Å². The van der Waals surface area contributed by atoms with E-state index in [9.17, 15) is 4.39 Å². The van der Waals surface area contributed by atoms with Crippen LogP contribution >= 0.6 is 11.5 Å². The number of piperidine rings is 2. The van der Waals surface area contributed by atoms with Gasteiger partial charge >= 0.3 is 0 Å². The smallest absolute Gasteiger partial charge is 0.139 e. The Morgan fingerprint density at radius 3 is 2.85 bits per heavy atom. The van der Waals surface area contributed by atoms with Crippen molar-refractivity contribution in [3.63, 3.8) is 0 Å². The summed E-state index contributed by atoms with van der Waals surface area (Å²) in [6.45, 7) is 0. The number of hydrogen-bond donors (Lipinski definition) is 1. The van der Waals surface area contributed by atoms with Crippen LogP contribution in [0.3, 0.4) is 0 Å². The second kappa shape index (κ2) is 4.97. The molecule has 1 aromatic carbocycles. The molecule has 20 heavy (non-hydrogen) atoms. The van der Waals surface area contributed by atoms with Crippen molar-refractivity contribution in [1.82, 2.24) is 9.69 Å². The van der Waals surface area contributed by atoms with Gasteiger partial charge in [-0.05, 0) is 49.3 Å². The number of halogens is 1. The molecule has 2 saturated heterocycles. The molecule has 2 bridgehead atoms. The lowest BCUT2D eigenvalue weighted by molar-refractivity contribution is 0.0940. The van der Waals surface area contributed by atoms with E-state index < -0.39 is 0 Å². The quantitative estimate of drug-likeness (QED) is 0.920. The standard InChI is InChI=1S/C15H17FN2OS/c16-13-4-5-14(15-12(13)8-17-20-15)19-11-6-9-2-1-3-10(7-11)18-9/h4-5,8-11,18H,1-3,6-7H2. The molecule has 0 aliphatic carbocycles. The largest absolute Gasteiger partial charge is 0.489 e. The third kappa shape index (κ3) is 2.19. The lowest BCUT2D eigenvalue weighted by Crippen LogP contribution is -2.51. The minimum atomic E-state index is -0.219. The van der Waals surface area contributed by atoms with Crippen LogP contribution in [-0.4, -0.2) is 22.6 Å². The van der Waals surface area contributed by atoms with Crippen LogP contribution in [0.4, 0.5) is 4.39 Å². The third-order valence-corrected chi connectivity index (χ3v) is 5.21. The maximum absolute atomic E-state index is 13.7. The Kier molecular flexibility index (Phi) is 3.11. The van der Waals surface area contributed by atoms with Gasteiger partial charge < -0.3 is 10.1 Å². The van der Waals surface area contributed by atoms with E-state index in [1.165, 1.54) is 36.9 Å². The van der Waals surface area contributed by atoms with E-state index in [1.807, 2.05) is 0 Å². The number of nitrogens with zero attached hydrogens (tertiary/aromatic N) is 1. The molecule has 3 nitrogen and oxygen atoms in total. The predicted octanol–water partition coefficient (Wildman–Crippen LogP) is 3.49. The highest BCUT2D eigenvalue weighted by Crippen LogP contribution is 2.34. The monoisotopic (exact) mass is 292 g/mol. The van der Waals surface area contributed by atoms with Crippen LogP contribution < -0.4 is 10.1 Å². The zero-order valence-electron chi connectivity index (χ0n) is 11.1. The van der Waals surface area contributed by atoms with Crippen LogP contribution in [0.25, 0.3) is 10.1 Å². The van der Waals surface area contributed by atoms with Crippen molar-refractivity contribution in [2.75, 3.05) is 0 Å². The van der Waals surface area contributed by atoms with Crippen molar-refractivity contribution in [2.45, 2.75) is 50.3 Å². The lowest BCUT2D eigenvalue weighted by Gasteiger charge is -2.40. The van der Waals surface area contributed by atoms with Crippen LogP contribution in [-0.2, 0) is 0 Å². The van der Waals surface area contributed by atoms with Crippen LogP contribution in [0.1, 0.15) is 32.1 Å². The predicted molar refractivity (Wildman–Crippen MR) is 77.8 cm³/mol. The van der Waals surface area contributed by atoms with E-state index in [4.69, 9.17) is 4.74 Å².